The van der Waals surface area contributed by atoms with Gasteiger partial charge >= 0.3 is 6.11 Å². The van der Waals surface area contributed by atoms with E-state index in [1.54, 1.807) is 0 Å². The van der Waals surface area contributed by atoms with Gasteiger partial charge in [0.15, 0.2) is 6.67 Å². The molecule has 0 aromatic carbocycles. The van der Waals surface area contributed by atoms with Crippen LogP contribution in [0.25, 0.3) is 0 Å². The van der Waals surface area contributed by atoms with Crippen LogP contribution in [0.1, 0.15) is 51.9 Å². The van der Waals surface area contributed by atoms with E-state index in [0.717, 1.165) is 19.3 Å². The second-order valence-corrected chi connectivity index (χ2v) is 3.74. The Hall–Kier alpha value is -0.250. The molecule has 1 nitrogen and oxygen atoms in total. The highest BCUT2D eigenvalue weighted by Gasteiger charge is 2.29. The third-order valence-corrected chi connectivity index (χ3v) is 2.22. The maximum atomic E-state index is 12.2. The third-order valence-electron chi connectivity index (χ3n) is 2.22. The molecule has 0 unspecified atom stereocenters. The minimum absolute atomic E-state index is 0.0509. The number of hydrogen-bond donors (Lipinski definition) is 0. The van der Waals surface area contributed by atoms with Gasteiger partial charge in [0.1, 0.15) is 0 Å². The summed E-state index contributed by atoms with van der Waals surface area (Å²) in [6.07, 6.45) is 3.72. The molecule has 4 heteroatoms. The SMILES string of the molecule is CCCCCCCCCOC(F)(F)CF. The van der Waals surface area contributed by atoms with Crippen LogP contribution in [-0.2, 0) is 4.74 Å². The van der Waals surface area contributed by atoms with Crippen LogP contribution in [0.15, 0.2) is 0 Å². The lowest BCUT2D eigenvalue weighted by atomic mass is 10.1. The predicted octanol–water partition coefficient (Wildman–Crippen LogP) is 4.32. The van der Waals surface area contributed by atoms with Crippen molar-refractivity contribution in [2.24, 2.45) is 0 Å². The number of unbranched alkanes of at least 4 members (excludes halogenated alkanes) is 6. The van der Waals surface area contributed by atoms with Gasteiger partial charge in [-0.2, -0.15) is 8.78 Å². The predicted molar refractivity (Wildman–Crippen MR) is 54.9 cm³/mol. The highest BCUT2D eigenvalue weighted by molar-refractivity contribution is 4.49. The van der Waals surface area contributed by atoms with E-state index in [9.17, 15) is 13.2 Å². The monoisotopic (exact) mass is 226 g/mol. The molecule has 0 saturated heterocycles. The van der Waals surface area contributed by atoms with Crippen LogP contribution in [-0.4, -0.2) is 19.4 Å². The second kappa shape index (κ2) is 9.01. The number of halogens is 3. The van der Waals surface area contributed by atoms with Gasteiger partial charge in [-0.1, -0.05) is 45.4 Å². The van der Waals surface area contributed by atoms with E-state index in [2.05, 4.69) is 11.7 Å². The molecule has 0 aromatic rings. The van der Waals surface area contributed by atoms with Gasteiger partial charge in [0.05, 0.1) is 6.61 Å². The molecule has 0 rings (SSSR count). The van der Waals surface area contributed by atoms with Crippen molar-refractivity contribution in [3.63, 3.8) is 0 Å². The van der Waals surface area contributed by atoms with E-state index in [-0.39, 0.29) is 6.61 Å². The van der Waals surface area contributed by atoms with Gasteiger partial charge in [0.2, 0.25) is 0 Å². The first-order valence-electron chi connectivity index (χ1n) is 5.70. The van der Waals surface area contributed by atoms with E-state index in [1.165, 1.54) is 19.3 Å². The fraction of sp³-hybridized carbons (Fsp3) is 1.00. The maximum absolute atomic E-state index is 12.2. The molecule has 0 radical (unpaired) electrons. The Morgan fingerprint density at radius 2 is 1.47 bits per heavy atom. The Morgan fingerprint density at radius 1 is 0.933 bits per heavy atom. The quantitative estimate of drug-likeness (QED) is 0.504. The van der Waals surface area contributed by atoms with E-state index in [4.69, 9.17) is 0 Å². The largest absolute Gasteiger partial charge is 0.384 e. The first kappa shape index (κ1) is 14.8. The Kier molecular flexibility index (Phi) is 8.86. The standard InChI is InChI=1S/C11H21F3O/c1-2-3-4-5-6-7-8-9-15-11(13,14)10-12/h2-10H2,1H3. The first-order chi connectivity index (χ1) is 7.12. The van der Waals surface area contributed by atoms with Gasteiger partial charge < -0.3 is 4.74 Å². The zero-order chi connectivity index (χ0) is 11.6. The molecule has 0 bridgehead atoms. The molecule has 0 heterocycles. The molecule has 0 saturated carbocycles. The Bertz CT molecular complexity index is 140. The maximum Gasteiger partial charge on any atom is 0.384 e. The molecular weight excluding hydrogens is 205 g/mol. The highest BCUT2D eigenvalue weighted by Crippen LogP contribution is 2.16. The van der Waals surface area contributed by atoms with Crippen molar-refractivity contribution in [1.29, 1.82) is 0 Å². The summed E-state index contributed by atoms with van der Waals surface area (Å²) in [5.41, 5.74) is 0. The summed E-state index contributed by atoms with van der Waals surface area (Å²) in [7, 11) is 0. The molecule has 0 amide bonds. The Labute approximate surface area is 90.0 Å². The van der Waals surface area contributed by atoms with Gasteiger partial charge in [-0.05, 0) is 6.42 Å². The second-order valence-electron chi connectivity index (χ2n) is 3.74. The molecule has 0 N–H and O–H groups in total. The molecule has 0 spiro atoms. The van der Waals surface area contributed by atoms with Crippen molar-refractivity contribution >= 4 is 0 Å². The molecule has 15 heavy (non-hydrogen) atoms. The van der Waals surface area contributed by atoms with E-state index in [0.29, 0.717) is 6.42 Å². The van der Waals surface area contributed by atoms with Crippen molar-refractivity contribution in [2.75, 3.05) is 13.3 Å². The topological polar surface area (TPSA) is 9.23 Å². The van der Waals surface area contributed by atoms with Crippen LogP contribution in [0.3, 0.4) is 0 Å². The summed E-state index contributed by atoms with van der Waals surface area (Å²) >= 11 is 0. The van der Waals surface area contributed by atoms with Gasteiger partial charge in [0, 0.05) is 0 Å². The Morgan fingerprint density at radius 3 is 2.00 bits per heavy atom. The van der Waals surface area contributed by atoms with Gasteiger partial charge in [-0.3, -0.25) is 0 Å². The van der Waals surface area contributed by atoms with Crippen LogP contribution < -0.4 is 0 Å². The van der Waals surface area contributed by atoms with Crippen molar-refractivity contribution in [2.45, 2.75) is 58.0 Å². The van der Waals surface area contributed by atoms with Gasteiger partial charge in [-0.25, -0.2) is 4.39 Å². The summed E-state index contributed by atoms with van der Waals surface area (Å²) in [5.74, 6) is 0. The van der Waals surface area contributed by atoms with Crippen LogP contribution >= 0.6 is 0 Å². The fourth-order valence-electron chi connectivity index (χ4n) is 1.32. The smallest absolute Gasteiger partial charge is 0.318 e. The van der Waals surface area contributed by atoms with E-state index >= 15 is 0 Å². The summed E-state index contributed by atoms with van der Waals surface area (Å²) in [5, 5.41) is 0. The minimum atomic E-state index is -3.58. The molecule has 0 atom stereocenters. The van der Waals surface area contributed by atoms with Gasteiger partial charge in [0.25, 0.3) is 0 Å². The number of hydrogen-bond acceptors (Lipinski definition) is 1. The summed E-state index contributed by atoms with van der Waals surface area (Å²) in [4.78, 5) is 0. The zero-order valence-electron chi connectivity index (χ0n) is 9.41. The van der Waals surface area contributed by atoms with Crippen LogP contribution in [0.2, 0.25) is 0 Å². The number of rotatable bonds is 10. The molecular formula is C11H21F3O. The molecule has 0 aliphatic rings. The molecule has 0 aliphatic heterocycles. The van der Waals surface area contributed by atoms with Crippen molar-refractivity contribution in [3.8, 4) is 0 Å². The third kappa shape index (κ3) is 10.0. The number of ether oxygens (including phenoxy) is 1. The summed E-state index contributed by atoms with van der Waals surface area (Å²) < 4.78 is 40.2. The van der Waals surface area contributed by atoms with Crippen LogP contribution in [0.4, 0.5) is 13.2 Å². The average molecular weight is 226 g/mol. The summed E-state index contributed by atoms with van der Waals surface area (Å²) in [6.45, 7) is 0.362. The lowest BCUT2D eigenvalue weighted by Crippen LogP contribution is -2.23. The van der Waals surface area contributed by atoms with E-state index in [1.807, 2.05) is 0 Å². The van der Waals surface area contributed by atoms with Crippen LogP contribution in [0, 0.1) is 0 Å². The fourth-order valence-corrected chi connectivity index (χ4v) is 1.32. The van der Waals surface area contributed by atoms with Crippen molar-refractivity contribution in [1.82, 2.24) is 0 Å². The number of alkyl halides is 3. The lowest BCUT2D eigenvalue weighted by Gasteiger charge is -2.12. The first-order valence-corrected chi connectivity index (χ1v) is 5.70. The molecule has 0 fully saturated rings. The lowest BCUT2D eigenvalue weighted by molar-refractivity contribution is -0.246. The summed E-state index contributed by atoms with van der Waals surface area (Å²) in [6, 6.07) is 0. The van der Waals surface area contributed by atoms with Crippen molar-refractivity contribution in [3.05, 3.63) is 0 Å². The molecule has 0 aliphatic carbocycles. The van der Waals surface area contributed by atoms with E-state index < -0.39 is 12.8 Å². The molecule has 0 aromatic heterocycles. The minimum Gasteiger partial charge on any atom is -0.318 e. The van der Waals surface area contributed by atoms with Gasteiger partial charge in [-0.15, -0.1) is 0 Å². The molecule has 92 valence electrons. The van der Waals surface area contributed by atoms with Crippen molar-refractivity contribution < 1.29 is 17.9 Å². The zero-order valence-corrected chi connectivity index (χ0v) is 9.41. The van der Waals surface area contributed by atoms with Crippen LogP contribution in [0.5, 0.6) is 0 Å². The Balaban J connectivity index is 3.11. The highest BCUT2D eigenvalue weighted by atomic mass is 19.3. The normalized spacial score (nSPS) is 12.0. The average Bonchev–Trinajstić information content (AvgIpc) is 2.22.